The van der Waals surface area contributed by atoms with Gasteiger partial charge in [0.15, 0.2) is 0 Å². The predicted octanol–water partition coefficient (Wildman–Crippen LogP) is 2.00. The van der Waals surface area contributed by atoms with Gasteiger partial charge in [-0.2, -0.15) is 0 Å². The van der Waals surface area contributed by atoms with Crippen molar-refractivity contribution >= 4 is 17.1 Å². The van der Waals surface area contributed by atoms with E-state index in [9.17, 15) is 4.79 Å². The number of carbonyl (C=O) groups is 1. The number of rotatable bonds is 3. The van der Waals surface area contributed by atoms with Gasteiger partial charge in [-0.25, -0.2) is 0 Å². The summed E-state index contributed by atoms with van der Waals surface area (Å²) in [5, 5.41) is 5.55. The minimum atomic E-state index is 0.0520. The Morgan fingerprint density at radius 3 is 3.06 bits per heavy atom. The molecule has 0 saturated carbocycles. The van der Waals surface area contributed by atoms with Crippen LogP contribution in [0.3, 0.4) is 0 Å². The van der Waals surface area contributed by atoms with Gasteiger partial charge in [-0.05, 0) is 11.4 Å². The van der Waals surface area contributed by atoms with Crippen LogP contribution in [0.25, 0.3) is 0 Å². The van der Waals surface area contributed by atoms with Crippen LogP contribution in [0, 0.1) is 5.92 Å². The number of methoxy groups -OCH3 is 1. The van der Waals surface area contributed by atoms with E-state index in [1.165, 1.54) is 4.88 Å². The monoisotopic (exact) mass is 239 g/mol. The highest BCUT2D eigenvalue weighted by Gasteiger charge is 2.34. The summed E-state index contributed by atoms with van der Waals surface area (Å²) in [5.41, 5.74) is 0. The molecular formula is C12H17NO2S. The van der Waals surface area contributed by atoms with E-state index in [4.69, 9.17) is 4.74 Å². The molecule has 1 aliphatic heterocycles. The summed E-state index contributed by atoms with van der Waals surface area (Å²) in [4.78, 5) is 13.1. The van der Waals surface area contributed by atoms with Gasteiger partial charge in [0, 0.05) is 36.4 Å². The van der Waals surface area contributed by atoms with E-state index in [0.717, 1.165) is 0 Å². The first kappa shape index (κ1) is 11.8. The highest BCUT2D eigenvalue weighted by atomic mass is 32.1. The van der Waals surface area contributed by atoms with Crippen molar-refractivity contribution in [2.75, 3.05) is 13.7 Å². The Balaban J connectivity index is 2.10. The molecule has 1 N–H and O–H groups in total. The molecule has 1 aliphatic rings. The van der Waals surface area contributed by atoms with Gasteiger partial charge in [0.05, 0.1) is 6.61 Å². The van der Waals surface area contributed by atoms with Crippen LogP contribution in [0.4, 0.5) is 0 Å². The molecule has 3 nitrogen and oxygen atoms in total. The highest BCUT2D eigenvalue weighted by Crippen LogP contribution is 2.29. The number of hydrogen-bond acceptors (Lipinski definition) is 4. The average Bonchev–Trinajstić information content (AvgIpc) is 2.78. The van der Waals surface area contributed by atoms with Gasteiger partial charge < -0.3 is 10.1 Å². The molecule has 2 heterocycles. The molecule has 1 saturated heterocycles. The van der Waals surface area contributed by atoms with Gasteiger partial charge >= 0.3 is 0 Å². The van der Waals surface area contributed by atoms with E-state index in [1.54, 1.807) is 18.4 Å². The molecule has 0 spiro atoms. The Morgan fingerprint density at radius 1 is 1.62 bits per heavy atom. The SMILES string of the molecule is COC[C@H]1N[C@@H](c2cccs2)CC(=O)[C@H]1C. The van der Waals surface area contributed by atoms with E-state index in [0.29, 0.717) is 18.8 Å². The van der Waals surface area contributed by atoms with Crippen LogP contribution < -0.4 is 5.32 Å². The molecule has 1 aromatic heterocycles. The lowest BCUT2D eigenvalue weighted by Crippen LogP contribution is -2.49. The molecule has 1 aromatic rings. The minimum absolute atomic E-state index is 0.0520. The second-order valence-electron chi connectivity index (χ2n) is 4.26. The summed E-state index contributed by atoms with van der Waals surface area (Å²) >= 11 is 1.70. The third-order valence-electron chi connectivity index (χ3n) is 3.16. The van der Waals surface area contributed by atoms with Crippen molar-refractivity contribution < 1.29 is 9.53 Å². The zero-order valence-corrected chi connectivity index (χ0v) is 10.4. The number of hydrogen-bond donors (Lipinski definition) is 1. The Labute approximate surface area is 99.8 Å². The normalized spacial score (nSPS) is 30.6. The van der Waals surface area contributed by atoms with Crippen LogP contribution in [0.15, 0.2) is 17.5 Å². The maximum atomic E-state index is 11.9. The van der Waals surface area contributed by atoms with Gasteiger partial charge in [-0.1, -0.05) is 13.0 Å². The number of Topliss-reactive ketones (excluding diaryl/α,β-unsaturated/α-hetero) is 1. The van der Waals surface area contributed by atoms with Crippen molar-refractivity contribution in [1.29, 1.82) is 0 Å². The van der Waals surface area contributed by atoms with Crippen molar-refractivity contribution in [2.24, 2.45) is 5.92 Å². The van der Waals surface area contributed by atoms with Crippen LogP contribution in [-0.2, 0) is 9.53 Å². The highest BCUT2D eigenvalue weighted by molar-refractivity contribution is 7.10. The van der Waals surface area contributed by atoms with Gasteiger partial charge in [0.1, 0.15) is 5.78 Å². The van der Waals surface area contributed by atoms with E-state index >= 15 is 0 Å². The Kier molecular flexibility index (Phi) is 3.74. The molecule has 0 unspecified atom stereocenters. The largest absolute Gasteiger partial charge is 0.383 e. The van der Waals surface area contributed by atoms with E-state index in [2.05, 4.69) is 11.4 Å². The quantitative estimate of drug-likeness (QED) is 0.877. The second-order valence-corrected chi connectivity index (χ2v) is 5.23. The zero-order valence-electron chi connectivity index (χ0n) is 9.60. The van der Waals surface area contributed by atoms with Crippen LogP contribution in [0.1, 0.15) is 24.3 Å². The van der Waals surface area contributed by atoms with E-state index in [-0.39, 0.29) is 18.0 Å². The smallest absolute Gasteiger partial charge is 0.139 e. The fourth-order valence-electron chi connectivity index (χ4n) is 2.12. The first-order valence-electron chi connectivity index (χ1n) is 5.53. The summed E-state index contributed by atoms with van der Waals surface area (Å²) < 4.78 is 5.15. The average molecular weight is 239 g/mol. The van der Waals surface area contributed by atoms with Crippen LogP contribution in [-0.4, -0.2) is 25.5 Å². The number of ether oxygens (including phenoxy) is 1. The van der Waals surface area contributed by atoms with Gasteiger partial charge in [0.25, 0.3) is 0 Å². The molecule has 0 radical (unpaired) electrons. The lowest BCUT2D eigenvalue weighted by atomic mass is 9.87. The molecule has 0 aliphatic carbocycles. The second kappa shape index (κ2) is 5.08. The maximum Gasteiger partial charge on any atom is 0.139 e. The summed E-state index contributed by atoms with van der Waals surface area (Å²) in [6.45, 7) is 2.57. The molecule has 16 heavy (non-hydrogen) atoms. The standard InChI is InChI=1S/C12H17NO2S/c1-8-10(7-15-2)13-9(6-11(8)14)12-4-3-5-16-12/h3-5,8-10,13H,6-7H2,1-2H3/t8-,9+,10+/m0/s1. The molecule has 88 valence electrons. The molecular weight excluding hydrogens is 222 g/mol. The van der Waals surface area contributed by atoms with Gasteiger partial charge in [-0.15, -0.1) is 11.3 Å². The molecule has 0 aromatic carbocycles. The number of ketones is 1. The maximum absolute atomic E-state index is 11.9. The molecule has 0 bridgehead atoms. The van der Waals surface area contributed by atoms with Crippen molar-refractivity contribution in [3.05, 3.63) is 22.4 Å². The Morgan fingerprint density at radius 2 is 2.44 bits per heavy atom. The van der Waals surface area contributed by atoms with Crippen LogP contribution in [0.2, 0.25) is 0 Å². The fourth-order valence-corrected chi connectivity index (χ4v) is 2.90. The Hall–Kier alpha value is -0.710. The van der Waals surface area contributed by atoms with Crippen molar-refractivity contribution in [2.45, 2.75) is 25.4 Å². The number of piperidine rings is 1. The third kappa shape index (κ3) is 2.34. The van der Waals surface area contributed by atoms with Crippen LogP contribution >= 0.6 is 11.3 Å². The van der Waals surface area contributed by atoms with Crippen molar-refractivity contribution in [3.8, 4) is 0 Å². The van der Waals surface area contributed by atoms with Crippen LogP contribution in [0.5, 0.6) is 0 Å². The van der Waals surface area contributed by atoms with E-state index in [1.807, 2.05) is 18.4 Å². The summed E-state index contributed by atoms with van der Waals surface area (Å²) in [7, 11) is 1.67. The molecule has 4 heteroatoms. The molecule has 1 fully saturated rings. The molecule has 2 rings (SSSR count). The van der Waals surface area contributed by atoms with E-state index < -0.39 is 0 Å². The number of carbonyl (C=O) groups excluding carboxylic acids is 1. The lowest BCUT2D eigenvalue weighted by molar-refractivity contribution is -0.126. The summed E-state index contributed by atoms with van der Waals surface area (Å²) in [6, 6.07) is 4.41. The third-order valence-corrected chi connectivity index (χ3v) is 4.15. The summed E-state index contributed by atoms with van der Waals surface area (Å²) in [6.07, 6.45) is 0.599. The first-order valence-corrected chi connectivity index (χ1v) is 6.41. The number of nitrogens with one attached hydrogen (secondary N) is 1. The predicted molar refractivity (Wildman–Crippen MR) is 64.6 cm³/mol. The number of thiophene rings is 1. The minimum Gasteiger partial charge on any atom is -0.383 e. The van der Waals surface area contributed by atoms with Gasteiger partial charge in [-0.3, -0.25) is 4.79 Å². The Bertz CT molecular complexity index is 350. The fraction of sp³-hybridized carbons (Fsp3) is 0.583. The van der Waals surface area contributed by atoms with Crippen molar-refractivity contribution in [3.63, 3.8) is 0 Å². The molecule has 3 atom stereocenters. The summed E-state index contributed by atoms with van der Waals surface area (Å²) in [5.74, 6) is 0.385. The molecule has 0 amide bonds. The zero-order chi connectivity index (χ0) is 11.5. The van der Waals surface area contributed by atoms with Gasteiger partial charge in [0.2, 0.25) is 0 Å². The lowest BCUT2D eigenvalue weighted by Gasteiger charge is -2.34. The van der Waals surface area contributed by atoms with Crippen molar-refractivity contribution in [1.82, 2.24) is 5.32 Å². The topological polar surface area (TPSA) is 38.3 Å². The first-order chi connectivity index (χ1) is 7.72.